The fourth-order valence-electron chi connectivity index (χ4n) is 3.72. The van der Waals surface area contributed by atoms with Crippen LogP contribution in [0.25, 0.3) is 22.2 Å². The molecule has 0 unspecified atom stereocenters. The zero-order chi connectivity index (χ0) is 23.2. The lowest BCUT2D eigenvalue weighted by molar-refractivity contribution is -0.139. The van der Waals surface area contributed by atoms with E-state index in [0.29, 0.717) is 18.1 Å². The van der Waals surface area contributed by atoms with Gasteiger partial charge in [-0.3, -0.25) is 0 Å². The number of carboxylic acids is 1. The zero-order valence-electron chi connectivity index (χ0n) is 18.6. The Morgan fingerprint density at radius 3 is 2.79 bits per heavy atom. The van der Waals surface area contributed by atoms with Crippen LogP contribution in [0.15, 0.2) is 61.1 Å². The van der Waals surface area contributed by atoms with Crippen molar-refractivity contribution in [3.63, 3.8) is 0 Å². The minimum absolute atomic E-state index is 0.380. The molecule has 8 heteroatoms. The van der Waals surface area contributed by atoms with Gasteiger partial charge in [-0.05, 0) is 49.2 Å². The molecule has 33 heavy (non-hydrogen) atoms. The van der Waals surface area contributed by atoms with Crippen LogP contribution in [0, 0.1) is 0 Å². The van der Waals surface area contributed by atoms with Gasteiger partial charge in [-0.1, -0.05) is 12.1 Å². The van der Waals surface area contributed by atoms with Crippen LogP contribution in [-0.4, -0.2) is 45.4 Å². The van der Waals surface area contributed by atoms with Crippen LogP contribution >= 0.6 is 0 Å². The molecule has 4 rings (SSSR count). The van der Waals surface area contributed by atoms with Gasteiger partial charge in [0, 0.05) is 42.3 Å². The zero-order valence-corrected chi connectivity index (χ0v) is 18.6. The van der Waals surface area contributed by atoms with Crippen LogP contribution in [0.4, 0.5) is 5.82 Å². The number of anilines is 1. The molecular weight excluding hydrogens is 420 g/mol. The Morgan fingerprint density at radius 1 is 1.09 bits per heavy atom. The molecule has 2 aromatic heterocycles. The molecule has 0 radical (unpaired) electrons. The molecule has 0 spiro atoms. The summed E-state index contributed by atoms with van der Waals surface area (Å²) in [6, 6.07) is 15.7. The molecule has 170 valence electrons. The summed E-state index contributed by atoms with van der Waals surface area (Å²) in [5.74, 6) is 0.534. The van der Waals surface area contributed by atoms with E-state index in [9.17, 15) is 4.79 Å². The lowest BCUT2D eigenvalue weighted by Crippen LogP contribution is -2.10. The van der Waals surface area contributed by atoms with Gasteiger partial charge in [0.15, 0.2) is 18.1 Å². The normalized spacial score (nSPS) is 10.8. The van der Waals surface area contributed by atoms with Gasteiger partial charge in [-0.2, -0.15) is 0 Å². The van der Waals surface area contributed by atoms with Crippen molar-refractivity contribution in [3.8, 4) is 22.8 Å². The van der Waals surface area contributed by atoms with Gasteiger partial charge in [0.1, 0.15) is 12.1 Å². The van der Waals surface area contributed by atoms with E-state index < -0.39 is 12.6 Å². The van der Waals surface area contributed by atoms with Gasteiger partial charge in [0.25, 0.3) is 0 Å². The number of hydrogen-bond acceptors (Lipinski definition) is 6. The van der Waals surface area contributed by atoms with E-state index in [0.717, 1.165) is 30.0 Å². The molecule has 0 aliphatic heterocycles. The molecule has 4 aromatic rings. The van der Waals surface area contributed by atoms with E-state index in [1.807, 2.05) is 19.1 Å². The number of fused-ring (bicyclic) bond motifs is 1. The first-order chi connectivity index (χ1) is 16.0. The Hall–Kier alpha value is -4.07. The molecule has 0 atom stereocenters. The number of aliphatic carboxylic acids is 1. The second-order valence-electron chi connectivity index (χ2n) is 7.52. The van der Waals surface area contributed by atoms with Gasteiger partial charge in [0.2, 0.25) is 0 Å². The van der Waals surface area contributed by atoms with E-state index in [-0.39, 0.29) is 0 Å². The molecular formula is C25H26N4O4. The third-order valence-electron chi connectivity index (χ3n) is 5.28. The first-order valence-corrected chi connectivity index (χ1v) is 10.8. The Balaban J connectivity index is 1.47. The number of aryl methyl sites for hydroxylation is 1. The lowest BCUT2D eigenvalue weighted by atomic mass is 10.1. The van der Waals surface area contributed by atoms with Gasteiger partial charge >= 0.3 is 5.97 Å². The van der Waals surface area contributed by atoms with E-state index in [1.54, 1.807) is 12.1 Å². The Morgan fingerprint density at radius 2 is 1.97 bits per heavy atom. The monoisotopic (exact) mass is 446 g/mol. The first kappa shape index (κ1) is 22.1. The predicted octanol–water partition coefficient (Wildman–Crippen LogP) is 4.15. The van der Waals surface area contributed by atoms with Crippen molar-refractivity contribution in [2.24, 2.45) is 7.05 Å². The SMILES string of the molecule is CCOc1cc(-c2cc(NCCc3cccc4c3ccn4C)ncn2)ccc1OCC(=O)O. The largest absolute Gasteiger partial charge is 0.490 e. The number of hydrogen-bond donors (Lipinski definition) is 2. The van der Waals surface area contributed by atoms with Crippen molar-refractivity contribution in [1.82, 2.24) is 14.5 Å². The molecule has 8 nitrogen and oxygen atoms in total. The number of carbonyl (C=O) groups is 1. The highest BCUT2D eigenvalue weighted by atomic mass is 16.5. The second kappa shape index (κ2) is 10.0. The summed E-state index contributed by atoms with van der Waals surface area (Å²) in [5.41, 5.74) is 4.05. The molecule has 0 amide bonds. The van der Waals surface area contributed by atoms with E-state index in [4.69, 9.17) is 14.6 Å². The number of ether oxygens (including phenoxy) is 2. The number of carboxylic acid groups (broad SMARTS) is 1. The second-order valence-corrected chi connectivity index (χ2v) is 7.52. The Bertz CT molecular complexity index is 1270. The van der Waals surface area contributed by atoms with Crippen LogP contribution in [0.5, 0.6) is 11.5 Å². The third kappa shape index (κ3) is 5.23. The Kier molecular flexibility index (Phi) is 6.73. The highest BCUT2D eigenvalue weighted by Gasteiger charge is 2.11. The smallest absolute Gasteiger partial charge is 0.341 e. The molecule has 0 aliphatic rings. The fourth-order valence-corrected chi connectivity index (χ4v) is 3.72. The van der Waals surface area contributed by atoms with Crippen molar-refractivity contribution in [2.75, 3.05) is 25.1 Å². The molecule has 2 heterocycles. The van der Waals surface area contributed by atoms with Gasteiger partial charge < -0.3 is 24.5 Å². The highest BCUT2D eigenvalue weighted by molar-refractivity contribution is 5.83. The summed E-state index contributed by atoms with van der Waals surface area (Å²) in [5, 5.41) is 13.5. The Labute approximate surface area is 191 Å². The number of nitrogens with zero attached hydrogens (tertiary/aromatic N) is 3. The third-order valence-corrected chi connectivity index (χ3v) is 5.28. The average Bonchev–Trinajstić information content (AvgIpc) is 3.20. The molecule has 0 bridgehead atoms. The number of rotatable bonds is 10. The van der Waals surface area contributed by atoms with Crippen molar-refractivity contribution in [2.45, 2.75) is 13.3 Å². The molecule has 0 saturated carbocycles. The van der Waals surface area contributed by atoms with Crippen molar-refractivity contribution in [1.29, 1.82) is 0 Å². The molecule has 2 N–H and O–H groups in total. The van der Waals surface area contributed by atoms with Gasteiger partial charge in [-0.25, -0.2) is 14.8 Å². The average molecular weight is 447 g/mol. The molecule has 2 aromatic carbocycles. The van der Waals surface area contributed by atoms with Crippen molar-refractivity contribution < 1.29 is 19.4 Å². The lowest BCUT2D eigenvalue weighted by Gasteiger charge is -2.13. The van der Waals surface area contributed by atoms with Crippen LogP contribution in [-0.2, 0) is 18.3 Å². The van der Waals surface area contributed by atoms with Crippen LogP contribution in [0.2, 0.25) is 0 Å². The molecule has 0 saturated heterocycles. The summed E-state index contributed by atoms with van der Waals surface area (Å²) >= 11 is 0. The number of benzene rings is 2. The predicted molar refractivity (Wildman–Crippen MR) is 127 cm³/mol. The van der Waals surface area contributed by atoms with E-state index in [1.165, 1.54) is 22.8 Å². The quantitative estimate of drug-likeness (QED) is 0.378. The van der Waals surface area contributed by atoms with Crippen molar-refractivity contribution >= 4 is 22.7 Å². The maximum atomic E-state index is 10.8. The van der Waals surface area contributed by atoms with Crippen LogP contribution in [0.1, 0.15) is 12.5 Å². The van der Waals surface area contributed by atoms with Crippen LogP contribution in [0.3, 0.4) is 0 Å². The fraction of sp³-hybridized carbons (Fsp3) is 0.240. The number of aromatic nitrogens is 3. The summed E-state index contributed by atoms with van der Waals surface area (Å²) in [7, 11) is 2.05. The topological polar surface area (TPSA) is 98.5 Å². The molecule has 0 fully saturated rings. The standard InChI is InChI=1S/C25H26N4O4/c1-3-32-23-13-18(7-8-22(23)33-15-25(30)31)20-14-24(28-16-27-20)26-11-9-17-5-4-6-21-19(17)10-12-29(21)2/h4-8,10,12-14,16H,3,9,11,15H2,1-2H3,(H,30,31)(H,26,27,28). The highest BCUT2D eigenvalue weighted by Crippen LogP contribution is 2.32. The minimum Gasteiger partial charge on any atom is -0.490 e. The summed E-state index contributed by atoms with van der Waals surface area (Å²) in [6.07, 6.45) is 4.46. The summed E-state index contributed by atoms with van der Waals surface area (Å²) in [6.45, 7) is 2.59. The van der Waals surface area contributed by atoms with E-state index in [2.05, 4.69) is 57.4 Å². The van der Waals surface area contributed by atoms with E-state index >= 15 is 0 Å². The molecule has 0 aliphatic carbocycles. The minimum atomic E-state index is -1.04. The summed E-state index contributed by atoms with van der Waals surface area (Å²) in [4.78, 5) is 19.5. The first-order valence-electron chi connectivity index (χ1n) is 10.8. The van der Waals surface area contributed by atoms with Crippen LogP contribution < -0.4 is 14.8 Å². The maximum absolute atomic E-state index is 10.8. The summed E-state index contributed by atoms with van der Waals surface area (Å²) < 4.78 is 13.1. The van der Waals surface area contributed by atoms with Gasteiger partial charge in [-0.15, -0.1) is 0 Å². The van der Waals surface area contributed by atoms with Gasteiger partial charge in [0.05, 0.1) is 12.3 Å². The maximum Gasteiger partial charge on any atom is 0.341 e. The number of nitrogens with one attached hydrogen (secondary N) is 1. The van der Waals surface area contributed by atoms with Crippen molar-refractivity contribution in [3.05, 3.63) is 66.6 Å².